The second kappa shape index (κ2) is 13.5. The van der Waals surface area contributed by atoms with Crippen molar-refractivity contribution in [1.29, 1.82) is 0 Å². The highest BCUT2D eigenvalue weighted by Gasteiger charge is 2.33. The van der Waals surface area contributed by atoms with Gasteiger partial charge >= 0.3 is 0 Å². The van der Waals surface area contributed by atoms with E-state index in [0.717, 1.165) is 21.2 Å². The van der Waals surface area contributed by atoms with Crippen molar-refractivity contribution in [1.82, 2.24) is 0 Å². The molecule has 0 saturated heterocycles. The highest BCUT2D eigenvalue weighted by atomic mass is 35.5. The molecule has 0 amide bonds. The Morgan fingerprint density at radius 3 is 0.959 bits per heavy atom. The summed E-state index contributed by atoms with van der Waals surface area (Å²) in [6.45, 7) is 8.98. The monoisotopic (exact) mass is 974 g/mol. The van der Waals surface area contributed by atoms with Gasteiger partial charge in [-0.3, -0.25) is 0 Å². The Hall–Kier alpha value is -8.26. The summed E-state index contributed by atoms with van der Waals surface area (Å²) in [6.07, 6.45) is 0. The van der Waals surface area contributed by atoms with Crippen LogP contribution in [0.25, 0.3) is 185 Å². The summed E-state index contributed by atoms with van der Waals surface area (Å²) in [6, 6.07) is 65.0. The highest BCUT2D eigenvalue weighted by Crippen LogP contribution is 2.61. The number of benzene rings is 15. The molecule has 74 heavy (non-hydrogen) atoms. The Morgan fingerprint density at radius 1 is 0.243 bits per heavy atom. The van der Waals surface area contributed by atoms with Crippen molar-refractivity contribution >= 4 is 163 Å². The topological polar surface area (TPSA) is 0 Å². The molecule has 0 N–H and O–H groups in total. The molecule has 0 aliphatic heterocycles. The number of hydrogen-bond acceptors (Lipinski definition) is 0. The number of hydrogen-bond donors (Lipinski definition) is 0. The van der Waals surface area contributed by atoms with Gasteiger partial charge in [0.15, 0.2) is 0 Å². The molecular formula is C72H40Cl2. The maximum absolute atomic E-state index is 6.75. The third-order valence-electron chi connectivity index (χ3n) is 18.3. The van der Waals surface area contributed by atoms with Gasteiger partial charge in [0.25, 0.3) is 0 Å². The first-order valence-electron chi connectivity index (χ1n) is 25.9. The van der Waals surface area contributed by atoms with Gasteiger partial charge in [0.2, 0.25) is 0 Å². The second-order valence-corrected chi connectivity index (χ2v) is 22.5. The summed E-state index contributed by atoms with van der Waals surface area (Å²) in [5.41, 5.74) is 14.9. The van der Waals surface area contributed by atoms with Crippen molar-refractivity contribution in [3.8, 4) is 44.5 Å². The molecule has 0 aromatic heterocycles. The van der Waals surface area contributed by atoms with Crippen molar-refractivity contribution in [3.05, 3.63) is 202 Å². The van der Waals surface area contributed by atoms with Crippen LogP contribution in [0.1, 0.15) is 22.3 Å². The van der Waals surface area contributed by atoms with Gasteiger partial charge in [0, 0.05) is 10.0 Å². The standard InChI is InChI=1S/C72H40Cl2/c1-33-31-38(15-29-56(33)73)63-40-11-5-6-12-41(40)64(39-16-30-57(74)34(2)32-39)72-55-28-24-49-45-20-18-43-47-22-26-53-61-36(4)59-51-14-8-10-37-9-7-13-50(62(37)51)58(59)35(3)60(61)52-25-21-46(67(47)69(52)53)42-17-19-44(66(45)65(42)43)48-23-27-54(71(63)72)70(55)68(48)49/h5-32H,1-4H3. The first-order chi connectivity index (χ1) is 36.2. The van der Waals surface area contributed by atoms with Gasteiger partial charge in [-0.25, -0.2) is 0 Å². The third-order valence-corrected chi connectivity index (χ3v) is 19.1. The predicted octanol–water partition coefficient (Wildman–Crippen LogP) is 22.0. The lowest BCUT2D eigenvalue weighted by molar-refractivity contribution is 1.46. The van der Waals surface area contributed by atoms with Gasteiger partial charge < -0.3 is 0 Å². The molecule has 0 atom stereocenters. The zero-order valence-corrected chi connectivity index (χ0v) is 42.4. The van der Waals surface area contributed by atoms with Gasteiger partial charge in [-0.2, -0.15) is 0 Å². The van der Waals surface area contributed by atoms with Crippen molar-refractivity contribution < 1.29 is 0 Å². The Balaban J connectivity index is 0.942. The van der Waals surface area contributed by atoms with Gasteiger partial charge in [0.1, 0.15) is 0 Å². The summed E-state index contributed by atoms with van der Waals surface area (Å²) in [5.74, 6) is 0. The van der Waals surface area contributed by atoms with E-state index in [1.54, 1.807) is 0 Å². The molecule has 1 aliphatic rings. The van der Waals surface area contributed by atoms with Crippen LogP contribution in [0.5, 0.6) is 0 Å². The van der Waals surface area contributed by atoms with Crippen molar-refractivity contribution in [2.45, 2.75) is 27.7 Å². The molecule has 0 saturated carbocycles. The molecule has 0 fully saturated rings. The van der Waals surface area contributed by atoms with E-state index in [1.165, 1.54) is 196 Å². The van der Waals surface area contributed by atoms with Crippen LogP contribution in [0.4, 0.5) is 0 Å². The summed E-state index contributed by atoms with van der Waals surface area (Å²) < 4.78 is 0. The molecule has 0 heterocycles. The molecule has 1 aliphatic carbocycles. The first-order valence-corrected chi connectivity index (χ1v) is 26.6. The van der Waals surface area contributed by atoms with Gasteiger partial charge in [-0.05, 0) is 259 Å². The summed E-state index contributed by atoms with van der Waals surface area (Å²) in [5, 5.41) is 36.5. The summed E-state index contributed by atoms with van der Waals surface area (Å²) in [4.78, 5) is 0. The molecular weight excluding hydrogens is 936 g/mol. The van der Waals surface area contributed by atoms with E-state index in [1.807, 2.05) is 0 Å². The van der Waals surface area contributed by atoms with Crippen molar-refractivity contribution in [3.63, 3.8) is 0 Å². The second-order valence-electron chi connectivity index (χ2n) is 21.6. The van der Waals surface area contributed by atoms with Crippen LogP contribution < -0.4 is 0 Å². The summed E-state index contributed by atoms with van der Waals surface area (Å²) >= 11 is 13.5. The first kappa shape index (κ1) is 40.2. The Labute approximate surface area is 434 Å². The maximum Gasteiger partial charge on any atom is 0.0435 e. The summed E-state index contributed by atoms with van der Waals surface area (Å²) in [7, 11) is 0. The fraction of sp³-hybridized carbons (Fsp3) is 0.0556. The Kier molecular flexibility index (Phi) is 7.33. The number of fused-ring (bicyclic) bond motifs is 14. The van der Waals surface area contributed by atoms with Crippen LogP contribution in [-0.2, 0) is 0 Å². The Morgan fingerprint density at radius 2 is 0.568 bits per heavy atom. The SMILES string of the molecule is Cc1cc(-c2c3c(c(-c4ccc(Cl)c(C)c4)c4ccccc24)-c2ccc4c5ccc6c7ccc8c9c(C)c%10c%11cccc%12cccc(c%10c(C)c9c9ccc(c%10ccc(c%13ccc-3c2c%134)c5c%106)c7c98)c%12%11)ccc1Cl. The highest BCUT2D eigenvalue weighted by molar-refractivity contribution is 6.48. The van der Waals surface area contributed by atoms with Crippen molar-refractivity contribution in [2.24, 2.45) is 0 Å². The molecule has 0 unspecified atom stereocenters. The average Bonchev–Trinajstić information content (AvgIpc) is 4.24. The smallest absolute Gasteiger partial charge is 0.0435 e. The van der Waals surface area contributed by atoms with Crippen LogP contribution in [0.3, 0.4) is 0 Å². The van der Waals surface area contributed by atoms with Gasteiger partial charge in [-0.1, -0.05) is 169 Å². The lowest BCUT2D eigenvalue weighted by atomic mass is 9.82. The van der Waals surface area contributed by atoms with E-state index in [-0.39, 0.29) is 0 Å². The minimum atomic E-state index is 0.778. The van der Waals surface area contributed by atoms with Crippen molar-refractivity contribution in [2.75, 3.05) is 0 Å². The van der Waals surface area contributed by atoms with E-state index in [2.05, 4.69) is 198 Å². The fourth-order valence-corrected chi connectivity index (χ4v) is 15.6. The maximum atomic E-state index is 6.75. The lowest BCUT2D eigenvalue weighted by Crippen LogP contribution is -1.94. The zero-order valence-electron chi connectivity index (χ0n) is 40.9. The molecule has 342 valence electrons. The minimum absolute atomic E-state index is 0.778. The quantitative estimate of drug-likeness (QED) is 0.120. The fourth-order valence-electron chi connectivity index (χ4n) is 15.4. The van der Waals surface area contributed by atoms with Crippen LogP contribution in [0.2, 0.25) is 10.0 Å². The third kappa shape index (κ3) is 4.55. The molecule has 0 spiro atoms. The average molecular weight is 976 g/mol. The normalized spacial score (nSPS) is 13.0. The van der Waals surface area contributed by atoms with E-state index in [0.29, 0.717) is 0 Å². The molecule has 17 aromatic carbocycles. The lowest BCUT2D eigenvalue weighted by Gasteiger charge is -2.21. The number of rotatable bonds is 2. The minimum Gasteiger partial charge on any atom is -0.0841 e. The van der Waals surface area contributed by atoms with E-state index < -0.39 is 0 Å². The molecule has 0 radical (unpaired) electrons. The molecule has 17 aromatic rings. The molecule has 0 nitrogen and oxygen atoms in total. The van der Waals surface area contributed by atoms with Crippen LogP contribution in [-0.4, -0.2) is 0 Å². The zero-order chi connectivity index (χ0) is 48.9. The van der Waals surface area contributed by atoms with Gasteiger partial charge in [-0.15, -0.1) is 0 Å². The van der Waals surface area contributed by atoms with Gasteiger partial charge in [0.05, 0.1) is 0 Å². The van der Waals surface area contributed by atoms with Crippen LogP contribution >= 0.6 is 23.2 Å². The van der Waals surface area contributed by atoms with E-state index in [9.17, 15) is 0 Å². The van der Waals surface area contributed by atoms with E-state index >= 15 is 0 Å². The van der Waals surface area contributed by atoms with E-state index in [4.69, 9.17) is 23.2 Å². The van der Waals surface area contributed by atoms with Crippen LogP contribution in [0.15, 0.2) is 170 Å². The Bertz CT molecular complexity index is 5160. The molecule has 0 bridgehead atoms. The largest absolute Gasteiger partial charge is 0.0841 e. The molecule has 2 heteroatoms. The number of aryl methyl sites for hydroxylation is 4. The predicted molar refractivity (Wildman–Crippen MR) is 323 cm³/mol. The molecule has 18 rings (SSSR count). The number of halogens is 2. The van der Waals surface area contributed by atoms with Crippen LogP contribution in [0, 0.1) is 27.7 Å².